The van der Waals surface area contributed by atoms with Gasteiger partial charge >= 0.3 is 0 Å². The zero-order valence-electron chi connectivity index (χ0n) is 22.7. The summed E-state index contributed by atoms with van der Waals surface area (Å²) in [7, 11) is 0. The normalized spacial score (nSPS) is 24.6. The summed E-state index contributed by atoms with van der Waals surface area (Å²) in [5, 5.41) is 6.30. The van der Waals surface area contributed by atoms with Crippen molar-refractivity contribution in [1.82, 2.24) is 14.9 Å². The molecule has 5 aromatic rings. The van der Waals surface area contributed by atoms with Crippen LogP contribution in [0, 0.1) is 17.8 Å². The summed E-state index contributed by atoms with van der Waals surface area (Å²) < 4.78 is 1.65. The van der Waals surface area contributed by atoms with Crippen LogP contribution in [0.15, 0.2) is 95.8 Å². The van der Waals surface area contributed by atoms with Gasteiger partial charge in [0.2, 0.25) is 11.8 Å². The Labute approximate surface area is 236 Å². The standard InChI is InChI=1S/C34H28N4O3/c1-19(2)17-26-28-29(32(41)37(31(28)40)22-16-15-20-9-3-4-10-21(20)18-22)34(36-26)24-12-6-8-14-27(24)38-30(39)23-11-5-7-13-25(23)35-33(34)38/h3-16,18-19,26,28-29,36H,17H2,1-2H3/t26-,28-,29+,34+/m0/s1. The third-order valence-electron chi connectivity index (χ3n) is 9.08. The molecule has 7 heteroatoms. The van der Waals surface area contributed by atoms with Crippen LogP contribution in [0.3, 0.4) is 0 Å². The molecule has 2 amide bonds. The van der Waals surface area contributed by atoms with Crippen molar-refractivity contribution < 1.29 is 9.59 Å². The van der Waals surface area contributed by atoms with E-state index in [9.17, 15) is 14.4 Å². The van der Waals surface area contributed by atoms with Crippen molar-refractivity contribution in [2.45, 2.75) is 31.8 Å². The van der Waals surface area contributed by atoms with E-state index >= 15 is 0 Å². The van der Waals surface area contributed by atoms with Gasteiger partial charge in [-0.3, -0.25) is 24.3 Å². The fraction of sp³-hybridized carbons (Fsp3) is 0.235. The Morgan fingerprint density at radius 2 is 1.59 bits per heavy atom. The number of nitrogens with one attached hydrogen (secondary N) is 1. The van der Waals surface area contributed by atoms with Crippen LogP contribution in [0.25, 0.3) is 27.4 Å². The van der Waals surface area contributed by atoms with Crippen LogP contribution in [0.2, 0.25) is 0 Å². The maximum absolute atomic E-state index is 14.6. The molecule has 2 fully saturated rings. The summed E-state index contributed by atoms with van der Waals surface area (Å²) in [4.78, 5) is 49.4. The van der Waals surface area contributed by atoms with Crippen LogP contribution >= 0.6 is 0 Å². The van der Waals surface area contributed by atoms with Crippen LogP contribution in [0.4, 0.5) is 5.69 Å². The fourth-order valence-corrected chi connectivity index (χ4v) is 7.50. The lowest BCUT2D eigenvalue weighted by Gasteiger charge is -2.32. The van der Waals surface area contributed by atoms with Crippen molar-refractivity contribution in [2.24, 2.45) is 17.8 Å². The molecule has 1 aromatic heterocycles. The molecule has 202 valence electrons. The van der Waals surface area contributed by atoms with Crippen molar-refractivity contribution in [1.29, 1.82) is 0 Å². The minimum atomic E-state index is -1.12. The summed E-state index contributed by atoms with van der Waals surface area (Å²) >= 11 is 0. The molecule has 8 rings (SSSR count). The number of anilines is 1. The molecule has 4 aromatic carbocycles. The van der Waals surface area contributed by atoms with Crippen molar-refractivity contribution in [3.8, 4) is 5.69 Å². The Balaban J connectivity index is 1.39. The molecule has 7 nitrogen and oxygen atoms in total. The summed E-state index contributed by atoms with van der Waals surface area (Å²) in [6.45, 7) is 4.24. The monoisotopic (exact) mass is 540 g/mol. The predicted molar refractivity (Wildman–Crippen MR) is 158 cm³/mol. The molecule has 1 N–H and O–H groups in total. The van der Waals surface area contributed by atoms with E-state index in [2.05, 4.69) is 19.2 Å². The van der Waals surface area contributed by atoms with E-state index in [4.69, 9.17) is 4.98 Å². The molecule has 41 heavy (non-hydrogen) atoms. The molecule has 2 saturated heterocycles. The van der Waals surface area contributed by atoms with E-state index in [-0.39, 0.29) is 29.3 Å². The molecular weight excluding hydrogens is 512 g/mol. The second kappa shape index (κ2) is 8.44. The van der Waals surface area contributed by atoms with E-state index in [1.165, 1.54) is 4.90 Å². The summed E-state index contributed by atoms with van der Waals surface area (Å²) in [6, 6.07) is 28.3. The van der Waals surface area contributed by atoms with Gasteiger partial charge in [-0.05, 0) is 53.4 Å². The van der Waals surface area contributed by atoms with Crippen LogP contribution in [0.1, 0.15) is 31.7 Å². The number of benzene rings is 4. The number of carbonyl (C=O) groups is 2. The lowest BCUT2D eigenvalue weighted by atomic mass is 9.75. The Morgan fingerprint density at radius 1 is 0.854 bits per heavy atom. The van der Waals surface area contributed by atoms with Gasteiger partial charge in [0.15, 0.2) is 0 Å². The van der Waals surface area contributed by atoms with Gasteiger partial charge in [0.1, 0.15) is 11.4 Å². The van der Waals surface area contributed by atoms with Gasteiger partial charge in [0.05, 0.1) is 34.1 Å². The van der Waals surface area contributed by atoms with Crippen molar-refractivity contribution >= 4 is 39.2 Å². The first-order valence-electron chi connectivity index (χ1n) is 14.2. The Morgan fingerprint density at radius 3 is 2.41 bits per heavy atom. The zero-order valence-corrected chi connectivity index (χ0v) is 22.7. The number of aromatic nitrogens is 2. The molecule has 4 heterocycles. The predicted octanol–water partition coefficient (Wildman–Crippen LogP) is 4.92. The molecular formula is C34H28N4O3. The molecule has 0 bridgehead atoms. The number of para-hydroxylation sites is 2. The van der Waals surface area contributed by atoms with Gasteiger partial charge in [-0.2, -0.15) is 0 Å². The topological polar surface area (TPSA) is 84.3 Å². The lowest BCUT2D eigenvalue weighted by molar-refractivity contribution is -0.123. The fourth-order valence-electron chi connectivity index (χ4n) is 7.50. The van der Waals surface area contributed by atoms with Gasteiger partial charge in [-0.15, -0.1) is 0 Å². The second-order valence-electron chi connectivity index (χ2n) is 11.8. The van der Waals surface area contributed by atoms with Gasteiger partial charge in [0, 0.05) is 11.6 Å². The highest BCUT2D eigenvalue weighted by atomic mass is 16.2. The largest absolute Gasteiger partial charge is 0.297 e. The Kier molecular flexibility index (Phi) is 4.98. The van der Waals surface area contributed by atoms with E-state index in [1.54, 1.807) is 10.6 Å². The van der Waals surface area contributed by atoms with Crippen molar-refractivity contribution in [2.75, 3.05) is 4.90 Å². The number of hydrogen-bond acceptors (Lipinski definition) is 5. The molecule has 0 aliphatic carbocycles. The summed E-state index contributed by atoms with van der Waals surface area (Å²) in [5.41, 5.74) is 1.35. The first-order valence-corrected chi connectivity index (χ1v) is 14.2. The zero-order chi connectivity index (χ0) is 28.0. The number of rotatable bonds is 3. The maximum atomic E-state index is 14.6. The highest BCUT2D eigenvalue weighted by Crippen LogP contribution is 2.56. The first kappa shape index (κ1) is 24.2. The highest BCUT2D eigenvalue weighted by molar-refractivity contribution is 6.23. The highest BCUT2D eigenvalue weighted by Gasteiger charge is 2.69. The molecule has 3 aliphatic rings. The number of nitrogens with zero attached hydrogens (tertiary/aromatic N) is 3. The molecule has 0 radical (unpaired) electrons. The number of carbonyl (C=O) groups excluding carboxylic acids is 2. The Bertz CT molecular complexity index is 2000. The van der Waals surface area contributed by atoms with Crippen LogP contribution in [-0.2, 0) is 15.1 Å². The number of imide groups is 1. The Hall–Kier alpha value is -4.62. The minimum absolute atomic E-state index is 0.177. The molecule has 3 aliphatic heterocycles. The van der Waals surface area contributed by atoms with Crippen molar-refractivity contribution in [3.63, 3.8) is 0 Å². The van der Waals surface area contributed by atoms with E-state index in [0.29, 0.717) is 34.5 Å². The minimum Gasteiger partial charge on any atom is -0.297 e. The van der Waals surface area contributed by atoms with Gasteiger partial charge in [-0.25, -0.2) is 9.88 Å². The maximum Gasteiger partial charge on any atom is 0.266 e. The third kappa shape index (κ3) is 3.12. The number of hydrogen-bond donors (Lipinski definition) is 1. The van der Waals surface area contributed by atoms with Gasteiger partial charge in [0.25, 0.3) is 5.56 Å². The number of fused-ring (bicyclic) bond motifs is 9. The molecule has 0 saturated carbocycles. The lowest BCUT2D eigenvalue weighted by Crippen LogP contribution is -2.50. The van der Waals surface area contributed by atoms with E-state index in [1.807, 2.05) is 84.9 Å². The summed E-state index contributed by atoms with van der Waals surface area (Å²) in [6.07, 6.45) is 0.702. The first-order chi connectivity index (χ1) is 19.9. The van der Waals surface area contributed by atoms with Crippen LogP contribution in [-0.4, -0.2) is 27.4 Å². The van der Waals surface area contributed by atoms with Gasteiger partial charge in [-0.1, -0.05) is 74.5 Å². The van der Waals surface area contributed by atoms with Crippen LogP contribution in [0.5, 0.6) is 0 Å². The third-order valence-corrected chi connectivity index (χ3v) is 9.08. The quantitative estimate of drug-likeness (QED) is 0.329. The average molecular weight is 541 g/mol. The van der Waals surface area contributed by atoms with Gasteiger partial charge < -0.3 is 0 Å². The molecule has 4 atom stereocenters. The smallest absolute Gasteiger partial charge is 0.266 e. The van der Waals surface area contributed by atoms with Crippen molar-refractivity contribution in [3.05, 3.63) is 113 Å². The SMILES string of the molecule is CC(C)C[C@@H]1N[C@]2(c3ccccc3-n3c2nc2ccccc2c3=O)[C@H]2C(=O)N(c3ccc4ccccc4c3)C(=O)[C@@H]12. The number of amides is 2. The average Bonchev–Trinajstić information content (AvgIpc) is 3.55. The summed E-state index contributed by atoms with van der Waals surface area (Å²) in [5.74, 6) is -1.06. The van der Waals surface area contributed by atoms with Crippen LogP contribution < -0.4 is 15.8 Å². The van der Waals surface area contributed by atoms with E-state index in [0.717, 1.165) is 16.3 Å². The van der Waals surface area contributed by atoms with E-state index < -0.39 is 17.4 Å². The molecule has 1 spiro atoms. The second-order valence-corrected chi connectivity index (χ2v) is 11.8. The molecule has 0 unspecified atom stereocenters.